The minimum atomic E-state index is -0.870. The number of aryl methyl sites for hydroxylation is 1. The normalized spacial score (nSPS) is 17.2. The van der Waals surface area contributed by atoms with Crippen LogP contribution in [-0.4, -0.2) is 56.8 Å². The molecule has 0 bridgehead atoms. The highest BCUT2D eigenvalue weighted by atomic mass is 19.1. The Morgan fingerprint density at radius 3 is 2.74 bits per heavy atom. The van der Waals surface area contributed by atoms with Gasteiger partial charge in [0.25, 0.3) is 5.91 Å². The highest BCUT2D eigenvalue weighted by Crippen LogP contribution is 2.18. The lowest BCUT2D eigenvalue weighted by Crippen LogP contribution is -2.55. The molecule has 0 N–H and O–H groups in total. The molecule has 144 valence electrons. The Morgan fingerprint density at radius 2 is 2.07 bits per heavy atom. The van der Waals surface area contributed by atoms with Gasteiger partial charge in [-0.3, -0.25) is 9.59 Å². The number of nitrogens with zero attached hydrogens (tertiary/aromatic N) is 4. The molecule has 0 aliphatic carbocycles. The lowest BCUT2D eigenvalue weighted by atomic mass is 10.1. The average molecular weight is 376 g/mol. The molecule has 1 atom stereocenters. The van der Waals surface area contributed by atoms with E-state index in [0.29, 0.717) is 38.5 Å². The fourth-order valence-corrected chi connectivity index (χ4v) is 3.29. The molecule has 1 aromatic heterocycles. The number of halogens is 2. The van der Waals surface area contributed by atoms with E-state index in [9.17, 15) is 18.4 Å². The van der Waals surface area contributed by atoms with Gasteiger partial charge < -0.3 is 14.4 Å². The van der Waals surface area contributed by atoms with Crippen molar-refractivity contribution in [2.75, 3.05) is 19.6 Å². The first-order chi connectivity index (χ1) is 13.0. The highest BCUT2D eigenvalue weighted by Gasteiger charge is 2.31. The summed E-state index contributed by atoms with van der Waals surface area (Å²) in [4.78, 5) is 32.2. The largest absolute Gasteiger partial charge is 0.339 e. The average Bonchev–Trinajstić information content (AvgIpc) is 3.14. The third-order valence-electron chi connectivity index (χ3n) is 4.77. The van der Waals surface area contributed by atoms with Crippen LogP contribution in [0.5, 0.6) is 0 Å². The van der Waals surface area contributed by atoms with E-state index < -0.39 is 17.5 Å². The van der Waals surface area contributed by atoms with Crippen molar-refractivity contribution in [2.45, 2.75) is 32.4 Å². The molecule has 0 spiro atoms. The zero-order chi connectivity index (χ0) is 19.4. The zero-order valence-electron chi connectivity index (χ0n) is 15.1. The molecule has 1 aromatic carbocycles. The van der Waals surface area contributed by atoms with Crippen molar-refractivity contribution < 1.29 is 18.4 Å². The molecule has 1 saturated heterocycles. The van der Waals surface area contributed by atoms with E-state index in [-0.39, 0.29) is 17.5 Å². The SMILES string of the molecule is C[C@@H]1CN(C(=O)CCCn2ccnc2)CCN1C(=O)c1ccc(F)cc1F. The number of benzene rings is 1. The molecule has 0 saturated carbocycles. The van der Waals surface area contributed by atoms with E-state index in [1.165, 1.54) is 4.90 Å². The van der Waals surface area contributed by atoms with Crippen LogP contribution in [0.4, 0.5) is 8.78 Å². The maximum Gasteiger partial charge on any atom is 0.257 e. The van der Waals surface area contributed by atoms with Crippen molar-refractivity contribution in [3.05, 3.63) is 54.1 Å². The molecule has 1 fully saturated rings. The van der Waals surface area contributed by atoms with Gasteiger partial charge in [0.05, 0.1) is 11.9 Å². The lowest BCUT2D eigenvalue weighted by Gasteiger charge is -2.40. The van der Waals surface area contributed by atoms with Crippen molar-refractivity contribution in [1.82, 2.24) is 19.4 Å². The maximum atomic E-state index is 13.9. The van der Waals surface area contributed by atoms with E-state index in [1.807, 2.05) is 17.7 Å². The Hall–Kier alpha value is -2.77. The van der Waals surface area contributed by atoms with E-state index >= 15 is 0 Å². The molecule has 2 aromatic rings. The summed E-state index contributed by atoms with van der Waals surface area (Å²) in [5.41, 5.74) is -0.150. The standard InChI is InChI=1S/C19H22F2N4O2/c1-14-12-24(18(26)3-2-7-23-8-6-22-13-23)9-10-25(14)19(27)16-5-4-15(20)11-17(16)21/h4-6,8,11,13-14H,2-3,7,9-10,12H2,1H3/t14-/m1/s1. The van der Waals surface area contributed by atoms with Gasteiger partial charge in [0.2, 0.25) is 5.91 Å². The zero-order valence-corrected chi connectivity index (χ0v) is 15.1. The summed E-state index contributed by atoms with van der Waals surface area (Å²) in [7, 11) is 0. The van der Waals surface area contributed by atoms with Gasteiger partial charge in [-0.15, -0.1) is 0 Å². The van der Waals surface area contributed by atoms with Gasteiger partial charge in [0, 0.05) is 57.1 Å². The second kappa shape index (κ2) is 8.28. The van der Waals surface area contributed by atoms with Crippen molar-refractivity contribution in [1.29, 1.82) is 0 Å². The third-order valence-corrected chi connectivity index (χ3v) is 4.77. The first-order valence-electron chi connectivity index (χ1n) is 8.95. The van der Waals surface area contributed by atoms with E-state index in [1.54, 1.807) is 17.4 Å². The predicted octanol–water partition coefficient (Wildman–Crippen LogP) is 2.31. The minimum absolute atomic E-state index is 0.0435. The summed E-state index contributed by atoms with van der Waals surface area (Å²) in [5, 5.41) is 0. The molecule has 1 aliphatic heterocycles. The molecular weight excluding hydrogens is 354 g/mol. The summed E-state index contributed by atoms with van der Waals surface area (Å²) in [6.07, 6.45) is 6.40. The first-order valence-corrected chi connectivity index (χ1v) is 8.95. The van der Waals surface area contributed by atoms with E-state index in [4.69, 9.17) is 0 Å². The van der Waals surface area contributed by atoms with Gasteiger partial charge in [0.1, 0.15) is 11.6 Å². The molecule has 0 radical (unpaired) electrons. The number of hydrogen-bond donors (Lipinski definition) is 0. The van der Waals surface area contributed by atoms with Gasteiger partial charge in [-0.2, -0.15) is 0 Å². The number of rotatable bonds is 5. The maximum absolute atomic E-state index is 13.9. The fraction of sp³-hybridized carbons (Fsp3) is 0.421. The molecule has 8 heteroatoms. The van der Waals surface area contributed by atoms with Gasteiger partial charge in [-0.25, -0.2) is 13.8 Å². The van der Waals surface area contributed by atoms with Gasteiger partial charge in [-0.1, -0.05) is 0 Å². The topological polar surface area (TPSA) is 58.4 Å². The minimum Gasteiger partial charge on any atom is -0.339 e. The Bertz CT molecular complexity index is 810. The first kappa shape index (κ1) is 19.0. The number of carbonyl (C=O) groups is 2. The molecule has 2 heterocycles. The Morgan fingerprint density at radius 1 is 1.26 bits per heavy atom. The van der Waals surface area contributed by atoms with Crippen LogP contribution in [0.2, 0.25) is 0 Å². The second-order valence-corrected chi connectivity index (χ2v) is 6.72. The molecule has 1 aliphatic rings. The van der Waals surface area contributed by atoms with Crippen LogP contribution in [0.15, 0.2) is 36.9 Å². The molecule has 27 heavy (non-hydrogen) atoms. The Balaban J connectivity index is 1.53. The van der Waals surface area contributed by atoms with Gasteiger partial charge in [0.15, 0.2) is 0 Å². The summed E-state index contributed by atoms with van der Waals surface area (Å²) in [5.74, 6) is -2.03. The number of imidazole rings is 1. The van der Waals surface area contributed by atoms with Gasteiger partial charge >= 0.3 is 0 Å². The summed E-state index contributed by atoms with van der Waals surface area (Å²) >= 11 is 0. The number of aromatic nitrogens is 2. The van der Waals surface area contributed by atoms with E-state index in [2.05, 4.69) is 4.98 Å². The number of piperazine rings is 1. The summed E-state index contributed by atoms with van der Waals surface area (Å²) in [6.45, 7) is 3.68. The second-order valence-electron chi connectivity index (χ2n) is 6.72. The Labute approximate surface area is 156 Å². The molecule has 6 nitrogen and oxygen atoms in total. The number of hydrogen-bond acceptors (Lipinski definition) is 3. The van der Waals surface area contributed by atoms with E-state index in [0.717, 1.165) is 18.7 Å². The molecule has 3 rings (SSSR count). The lowest BCUT2D eigenvalue weighted by molar-refractivity contribution is -0.133. The van der Waals surface area contributed by atoms with Crippen LogP contribution in [0.1, 0.15) is 30.1 Å². The van der Waals surface area contributed by atoms with Crippen molar-refractivity contribution in [2.24, 2.45) is 0 Å². The fourth-order valence-electron chi connectivity index (χ4n) is 3.29. The van der Waals surface area contributed by atoms with Crippen LogP contribution in [0.3, 0.4) is 0 Å². The Kier molecular flexibility index (Phi) is 5.83. The van der Waals surface area contributed by atoms with Crippen LogP contribution in [-0.2, 0) is 11.3 Å². The highest BCUT2D eigenvalue weighted by molar-refractivity contribution is 5.95. The van der Waals surface area contributed by atoms with Gasteiger partial charge in [-0.05, 0) is 25.5 Å². The quantitative estimate of drug-likeness (QED) is 0.805. The summed E-state index contributed by atoms with van der Waals surface area (Å²) < 4.78 is 28.9. The summed E-state index contributed by atoms with van der Waals surface area (Å²) in [6, 6.07) is 2.69. The smallest absolute Gasteiger partial charge is 0.257 e. The molecule has 0 unspecified atom stereocenters. The van der Waals surface area contributed by atoms with Crippen LogP contribution >= 0.6 is 0 Å². The van der Waals surface area contributed by atoms with Crippen LogP contribution < -0.4 is 0 Å². The number of amides is 2. The van der Waals surface area contributed by atoms with Crippen LogP contribution in [0, 0.1) is 11.6 Å². The monoisotopic (exact) mass is 376 g/mol. The molecule has 2 amide bonds. The van der Waals surface area contributed by atoms with Crippen molar-refractivity contribution >= 4 is 11.8 Å². The van der Waals surface area contributed by atoms with Crippen molar-refractivity contribution in [3.8, 4) is 0 Å². The van der Waals surface area contributed by atoms with Crippen molar-refractivity contribution in [3.63, 3.8) is 0 Å². The van der Waals surface area contributed by atoms with Crippen LogP contribution in [0.25, 0.3) is 0 Å². The predicted molar refractivity (Wildman–Crippen MR) is 94.9 cm³/mol. The number of carbonyl (C=O) groups excluding carboxylic acids is 2. The molecular formula is C19H22F2N4O2. The third kappa shape index (κ3) is 4.50.